The number of rotatable bonds is 2. The first-order chi connectivity index (χ1) is 11.8. The van der Waals surface area contributed by atoms with Gasteiger partial charge in [0.1, 0.15) is 0 Å². The third kappa shape index (κ3) is 3.83. The molecule has 0 saturated carbocycles. The highest BCUT2D eigenvalue weighted by Gasteiger charge is 2.00. The quantitative estimate of drug-likeness (QED) is 0.490. The summed E-state index contributed by atoms with van der Waals surface area (Å²) in [7, 11) is 0. The number of benzene rings is 3. The number of allylic oxidation sites excluding steroid dienone is 2. The zero-order chi connectivity index (χ0) is 16.8. The van der Waals surface area contributed by atoms with E-state index in [4.69, 9.17) is 0 Å². The second-order valence-corrected chi connectivity index (χ2v) is 5.79. The smallest absolute Gasteiger partial charge is 0.0249 e. The first-order valence-corrected chi connectivity index (χ1v) is 8.16. The van der Waals surface area contributed by atoms with Crippen LogP contribution in [0.2, 0.25) is 0 Å². The summed E-state index contributed by atoms with van der Waals surface area (Å²) in [6, 6.07) is 25.7. The summed E-state index contributed by atoms with van der Waals surface area (Å²) in [5.41, 5.74) is 7.25. The van der Waals surface area contributed by atoms with Crippen LogP contribution in [0.4, 0.5) is 0 Å². The molecule has 3 aromatic rings. The number of hydrogen-bond acceptors (Lipinski definition) is 0. The molecule has 0 aliphatic rings. The Labute approximate surface area is 144 Å². The van der Waals surface area contributed by atoms with E-state index in [-0.39, 0.29) is 0 Å². The standard InChI is InChI=1S/C24H20/c1-3-4-5-6-20-9-13-22(14-10-20)24-17-15-23(16-18-24)21-11-7-19(2)8-12-21/h3-4,7-18H,1-2H3. The van der Waals surface area contributed by atoms with E-state index in [2.05, 4.69) is 91.6 Å². The Morgan fingerprint density at radius 1 is 0.625 bits per heavy atom. The van der Waals surface area contributed by atoms with Crippen molar-refractivity contribution in [2.24, 2.45) is 0 Å². The van der Waals surface area contributed by atoms with E-state index in [9.17, 15) is 0 Å². The topological polar surface area (TPSA) is 0 Å². The molecular weight excluding hydrogens is 288 g/mol. The lowest BCUT2D eigenvalue weighted by Crippen LogP contribution is -1.82. The van der Waals surface area contributed by atoms with Crippen LogP contribution in [0.5, 0.6) is 0 Å². The van der Waals surface area contributed by atoms with E-state index in [0.717, 1.165) is 5.56 Å². The third-order valence-corrected chi connectivity index (χ3v) is 3.95. The van der Waals surface area contributed by atoms with Crippen molar-refractivity contribution in [2.45, 2.75) is 13.8 Å². The van der Waals surface area contributed by atoms with Crippen LogP contribution in [-0.4, -0.2) is 0 Å². The summed E-state index contributed by atoms with van der Waals surface area (Å²) in [5, 5.41) is 0. The Bertz CT molecular complexity index is 881. The molecule has 3 rings (SSSR count). The molecule has 0 heteroatoms. The van der Waals surface area contributed by atoms with Gasteiger partial charge in [-0.15, -0.1) is 0 Å². The van der Waals surface area contributed by atoms with E-state index in [1.54, 1.807) is 0 Å². The molecule has 0 radical (unpaired) electrons. The molecule has 0 aromatic heterocycles. The van der Waals surface area contributed by atoms with Crippen LogP contribution in [0.15, 0.2) is 84.9 Å². The number of hydrogen-bond donors (Lipinski definition) is 0. The Morgan fingerprint density at radius 2 is 1.04 bits per heavy atom. The zero-order valence-electron chi connectivity index (χ0n) is 14.1. The van der Waals surface area contributed by atoms with Crippen LogP contribution in [0.3, 0.4) is 0 Å². The van der Waals surface area contributed by atoms with E-state index in [1.165, 1.54) is 27.8 Å². The molecule has 0 saturated heterocycles. The monoisotopic (exact) mass is 308 g/mol. The van der Waals surface area contributed by atoms with Gasteiger partial charge in [0.2, 0.25) is 0 Å². The van der Waals surface area contributed by atoms with Crippen LogP contribution in [-0.2, 0) is 0 Å². The Morgan fingerprint density at radius 3 is 1.50 bits per heavy atom. The summed E-state index contributed by atoms with van der Waals surface area (Å²) < 4.78 is 0. The highest BCUT2D eigenvalue weighted by molar-refractivity contribution is 5.70. The lowest BCUT2D eigenvalue weighted by Gasteiger charge is -2.06. The molecule has 0 bridgehead atoms. The molecule has 0 heterocycles. The van der Waals surface area contributed by atoms with Gasteiger partial charge in [-0.3, -0.25) is 0 Å². The Balaban J connectivity index is 1.80. The van der Waals surface area contributed by atoms with Crippen LogP contribution >= 0.6 is 0 Å². The fourth-order valence-electron chi connectivity index (χ4n) is 2.56. The average Bonchev–Trinajstić information content (AvgIpc) is 2.63. The lowest BCUT2D eigenvalue weighted by molar-refractivity contribution is 1.47. The van der Waals surface area contributed by atoms with Crippen molar-refractivity contribution in [1.82, 2.24) is 0 Å². The molecule has 0 spiro atoms. The van der Waals surface area contributed by atoms with E-state index in [1.807, 2.05) is 19.1 Å². The molecule has 0 fully saturated rings. The summed E-state index contributed by atoms with van der Waals surface area (Å²) in [6.45, 7) is 4.08. The van der Waals surface area contributed by atoms with E-state index < -0.39 is 0 Å². The van der Waals surface area contributed by atoms with Gasteiger partial charge in [0.15, 0.2) is 0 Å². The van der Waals surface area contributed by atoms with Crippen molar-refractivity contribution >= 4 is 0 Å². The van der Waals surface area contributed by atoms with Crippen LogP contribution in [0.1, 0.15) is 18.1 Å². The highest BCUT2D eigenvalue weighted by Crippen LogP contribution is 2.25. The second-order valence-electron chi connectivity index (χ2n) is 5.79. The summed E-state index contributed by atoms with van der Waals surface area (Å²) >= 11 is 0. The first kappa shape index (κ1) is 15.8. The van der Waals surface area contributed by atoms with Gasteiger partial charge in [0.05, 0.1) is 0 Å². The molecule has 3 aromatic carbocycles. The molecule has 0 aliphatic heterocycles. The highest BCUT2D eigenvalue weighted by atomic mass is 14.0. The molecule has 0 nitrogen and oxygen atoms in total. The molecule has 0 unspecified atom stereocenters. The number of aryl methyl sites for hydroxylation is 1. The summed E-state index contributed by atoms with van der Waals surface area (Å²) in [4.78, 5) is 0. The molecular formula is C24H20. The molecule has 0 aliphatic carbocycles. The lowest BCUT2D eigenvalue weighted by atomic mass is 9.99. The predicted molar refractivity (Wildman–Crippen MR) is 104 cm³/mol. The normalized spacial score (nSPS) is 10.4. The van der Waals surface area contributed by atoms with E-state index >= 15 is 0 Å². The minimum Gasteiger partial charge on any atom is -0.0793 e. The van der Waals surface area contributed by atoms with Crippen LogP contribution < -0.4 is 0 Å². The first-order valence-electron chi connectivity index (χ1n) is 8.16. The van der Waals surface area contributed by atoms with Crippen molar-refractivity contribution in [3.8, 4) is 34.1 Å². The summed E-state index contributed by atoms with van der Waals surface area (Å²) in [6.07, 6.45) is 3.80. The van der Waals surface area contributed by atoms with Gasteiger partial charge in [0.25, 0.3) is 0 Å². The van der Waals surface area contributed by atoms with Gasteiger partial charge >= 0.3 is 0 Å². The van der Waals surface area contributed by atoms with Gasteiger partial charge in [0, 0.05) is 5.56 Å². The van der Waals surface area contributed by atoms with Crippen molar-refractivity contribution in [3.05, 3.63) is 96.1 Å². The van der Waals surface area contributed by atoms with Gasteiger partial charge in [-0.2, -0.15) is 0 Å². The summed E-state index contributed by atoms with van der Waals surface area (Å²) in [5.74, 6) is 6.13. The SMILES string of the molecule is CC=CC#Cc1ccc(-c2ccc(-c3ccc(C)cc3)cc2)cc1. The molecule has 0 N–H and O–H groups in total. The minimum absolute atomic E-state index is 1.04. The van der Waals surface area contributed by atoms with Crippen molar-refractivity contribution in [2.75, 3.05) is 0 Å². The largest absolute Gasteiger partial charge is 0.0793 e. The Kier molecular flexibility index (Phi) is 4.94. The predicted octanol–water partition coefficient (Wildman–Crippen LogP) is 6.26. The van der Waals surface area contributed by atoms with Gasteiger partial charge in [-0.1, -0.05) is 84.1 Å². The Hall–Kier alpha value is -3.04. The van der Waals surface area contributed by atoms with Gasteiger partial charge in [-0.05, 0) is 54.3 Å². The van der Waals surface area contributed by atoms with E-state index in [0.29, 0.717) is 0 Å². The van der Waals surface area contributed by atoms with Crippen molar-refractivity contribution < 1.29 is 0 Å². The van der Waals surface area contributed by atoms with Crippen molar-refractivity contribution in [3.63, 3.8) is 0 Å². The van der Waals surface area contributed by atoms with Crippen molar-refractivity contribution in [1.29, 1.82) is 0 Å². The van der Waals surface area contributed by atoms with Gasteiger partial charge < -0.3 is 0 Å². The molecule has 116 valence electrons. The fourth-order valence-corrected chi connectivity index (χ4v) is 2.56. The fraction of sp³-hybridized carbons (Fsp3) is 0.0833. The average molecular weight is 308 g/mol. The maximum Gasteiger partial charge on any atom is 0.0249 e. The van der Waals surface area contributed by atoms with Gasteiger partial charge in [-0.25, -0.2) is 0 Å². The second kappa shape index (κ2) is 7.49. The maximum absolute atomic E-state index is 3.12. The van der Waals surface area contributed by atoms with Crippen LogP contribution in [0.25, 0.3) is 22.3 Å². The zero-order valence-corrected chi connectivity index (χ0v) is 14.1. The maximum atomic E-state index is 3.12. The third-order valence-electron chi connectivity index (χ3n) is 3.95. The molecule has 0 atom stereocenters. The minimum atomic E-state index is 1.04. The molecule has 0 amide bonds. The molecule has 24 heavy (non-hydrogen) atoms. The van der Waals surface area contributed by atoms with Crippen LogP contribution in [0, 0.1) is 18.8 Å².